The summed E-state index contributed by atoms with van der Waals surface area (Å²) in [5, 5.41) is 4.17. The largest absolute Gasteiger partial charge is 0.362 e. The van der Waals surface area contributed by atoms with Gasteiger partial charge in [-0.15, -0.1) is 0 Å². The fraction of sp³-hybridized carbons (Fsp3) is 0.529. The number of nitrogens with one attached hydrogen (secondary N) is 1. The monoisotopic (exact) mass is 287 g/mol. The van der Waals surface area contributed by atoms with Gasteiger partial charge in [-0.1, -0.05) is 31.5 Å². The Hall–Kier alpha value is -1.84. The number of rotatable bonds is 6. The van der Waals surface area contributed by atoms with E-state index in [4.69, 9.17) is 0 Å². The highest BCUT2D eigenvalue weighted by molar-refractivity contribution is 5.86. The molecule has 0 aliphatic carbocycles. The van der Waals surface area contributed by atoms with Crippen molar-refractivity contribution < 1.29 is 4.79 Å². The van der Waals surface area contributed by atoms with Crippen LogP contribution in [0.15, 0.2) is 29.4 Å². The van der Waals surface area contributed by atoms with E-state index in [1.165, 1.54) is 11.3 Å². The number of anilines is 1. The molecular weight excluding hydrogens is 262 g/mol. The topological polar surface area (TPSA) is 44.7 Å². The quantitative estimate of drug-likeness (QED) is 0.645. The van der Waals surface area contributed by atoms with Crippen LogP contribution in [0.5, 0.6) is 0 Å². The number of para-hydroxylation sites is 1. The lowest BCUT2D eigenvalue weighted by Gasteiger charge is -2.30. The molecular formula is C17H25N3O. The number of fused-ring (bicyclic) bond motifs is 1. The van der Waals surface area contributed by atoms with Gasteiger partial charge in [-0.05, 0) is 44.2 Å². The molecule has 1 aliphatic rings. The van der Waals surface area contributed by atoms with Crippen molar-refractivity contribution in [3.05, 3.63) is 29.8 Å². The Morgan fingerprint density at radius 1 is 1.38 bits per heavy atom. The molecule has 1 aromatic rings. The summed E-state index contributed by atoms with van der Waals surface area (Å²) in [5.41, 5.74) is 6.19. The molecule has 0 bridgehead atoms. The number of nitrogens with zero attached hydrogens (tertiary/aromatic N) is 2. The second-order valence-electron chi connectivity index (χ2n) is 5.64. The van der Waals surface area contributed by atoms with E-state index in [0.29, 0.717) is 6.54 Å². The number of aryl methyl sites for hydroxylation is 1. The molecule has 0 radical (unpaired) electrons. The Balaban J connectivity index is 1.89. The molecule has 114 valence electrons. The van der Waals surface area contributed by atoms with Gasteiger partial charge in [0.1, 0.15) is 0 Å². The number of hydrazone groups is 1. The van der Waals surface area contributed by atoms with Gasteiger partial charge in [0.25, 0.3) is 5.91 Å². The minimum Gasteiger partial charge on any atom is -0.362 e. The SMILES string of the molecule is CCCC/C(C)=N\NC(=O)CN1CCCc2ccccc21. The summed E-state index contributed by atoms with van der Waals surface area (Å²) in [6.07, 6.45) is 5.41. The Labute approximate surface area is 127 Å². The van der Waals surface area contributed by atoms with E-state index < -0.39 is 0 Å². The van der Waals surface area contributed by atoms with Gasteiger partial charge in [-0.25, -0.2) is 5.43 Å². The Morgan fingerprint density at radius 2 is 2.19 bits per heavy atom. The average molecular weight is 287 g/mol. The Kier molecular flexibility index (Phi) is 5.78. The van der Waals surface area contributed by atoms with Crippen LogP contribution in [0.3, 0.4) is 0 Å². The van der Waals surface area contributed by atoms with Gasteiger partial charge < -0.3 is 4.90 Å². The van der Waals surface area contributed by atoms with Crippen molar-refractivity contribution in [3.63, 3.8) is 0 Å². The van der Waals surface area contributed by atoms with Crippen LogP contribution >= 0.6 is 0 Å². The smallest absolute Gasteiger partial charge is 0.259 e. The van der Waals surface area contributed by atoms with Crippen LogP contribution in [0.4, 0.5) is 5.69 Å². The predicted octanol–water partition coefficient (Wildman–Crippen LogP) is 3.12. The van der Waals surface area contributed by atoms with Gasteiger partial charge in [0.05, 0.1) is 6.54 Å². The van der Waals surface area contributed by atoms with Crippen LogP contribution in [0.2, 0.25) is 0 Å². The molecule has 0 unspecified atom stereocenters. The van der Waals surface area contributed by atoms with Crippen LogP contribution in [0, 0.1) is 0 Å². The molecule has 0 saturated heterocycles. The number of unbranched alkanes of at least 4 members (excludes halogenated alkanes) is 1. The summed E-state index contributed by atoms with van der Waals surface area (Å²) in [6, 6.07) is 8.33. The van der Waals surface area contributed by atoms with Gasteiger partial charge in [0, 0.05) is 17.9 Å². The maximum atomic E-state index is 12.0. The van der Waals surface area contributed by atoms with Crippen LogP contribution < -0.4 is 10.3 Å². The summed E-state index contributed by atoms with van der Waals surface area (Å²) in [5.74, 6) is -0.0393. The lowest BCUT2D eigenvalue weighted by Crippen LogP contribution is -2.38. The first-order valence-corrected chi connectivity index (χ1v) is 7.85. The van der Waals surface area contributed by atoms with Crippen molar-refractivity contribution in [3.8, 4) is 0 Å². The maximum Gasteiger partial charge on any atom is 0.259 e. The fourth-order valence-corrected chi connectivity index (χ4v) is 2.63. The molecule has 4 heteroatoms. The van der Waals surface area contributed by atoms with Crippen LogP contribution in [0.25, 0.3) is 0 Å². The summed E-state index contributed by atoms with van der Waals surface area (Å²) in [4.78, 5) is 14.2. The molecule has 1 aliphatic heterocycles. The Bertz CT molecular complexity index is 511. The molecule has 0 saturated carbocycles. The van der Waals surface area contributed by atoms with Gasteiger partial charge in [0.2, 0.25) is 0 Å². The van der Waals surface area contributed by atoms with Crippen molar-refractivity contribution in [2.75, 3.05) is 18.0 Å². The van der Waals surface area contributed by atoms with E-state index in [2.05, 4.69) is 40.5 Å². The third-order valence-corrected chi connectivity index (χ3v) is 3.80. The molecule has 1 aromatic carbocycles. The minimum atomic E-state index is -0.0393. The molecule has 0 aromatic heterocycles. The van der Waals surface area contributed by atoms with Gasteiger partial charge >= 0.3 is 0 Å². The number of benzene rings is 1. The number of hydrogen-bond acceptors (Lipinski definition) is 3. The summed E-state index contributed by atoms with van der Waals surface area (Å²) >= 11 is 0. The average Bonchev–Trinajstić information content (AvgIpc) is 2.51. The molecule has 1 N–H and O–H groups in total. The van der Waals surface area contributed by atoms with Crippen LogP contribution in [-0.2, 0) is 11.2 Å². The number of amides is 1. The summed E-state index contributed by atoms with van der Waals surface area (Å²) in [7, 11) is 0. The minimum absolute atomic E-state index is 0.0393. The first-order valence-electron chi connectivity index (χ1n) is 7.85. The van der Waals surface area contributed by atoms with Crippen molar-refractivity contribution in [2.24, 2.45) is 5.10 Å². The molecule has 2 rings (SSSR count). The maximum absolute atomic E-state index is 12.0. The Morgan fingerprint density at radius 3 is 3.00 bits per heavy atom. The summed E-state index contributed by atoms with van der Waals surface area (Å²) < 4.78 is 0. The number of hydrogen-bond donors (Lipinski definition) is 1. The second kappa shape index (κ2) is 7.81. The standard InChI is InChI=1S/C17H25N3O/c1-3-4-8-14(2)18-19-17(21)13-20-12-7-10-15-9-5-6-11-16(15)20/h5-6,9,11H,3-4,7-8,10,12-13H2,1-2H3,(H,19,21)/b18-14-. The van der Waals surface area contributed by atoms with Gasteiger partial charge in [-0.3, -0.25) is 4.79 Å². The summed E-state index contributed by atoms with van der Waals surface area (Å²) in [6.45, 7) is 5.43. The molecule has 0 spiro atoms. The first kappa shape index (κ1) is 15.5. The third kappa shape index (κ3) is 4.59. The lowest BCUT2D eigenvalue weighted by atomic mass is 10.0. The van der Waals surface area contributed by atoms with Gasteiger partial charge in [-0.2, -0.15) is 5.10 Å². The zero-order valence-corrected chi connectivity index (χ0v) is 13.1. The van der Waals surface area contributed by atoms with E-state index in [0.717, 1.165) is 44.4 Å². The van der Waals surface area contributed by atoms with E-state index in [9.17, 15) is 4.79 Å². The second-order valence-corrected chi connectivity index (χ2v) is 5.64. The first-order chi connectivity index (χ1) is 10.2. The van der Waals surface area contributed by atoms with E-state index in [1.807, 2.05) is 13.0 Å². The normalized spacial score (nSPS) is 14.8. The molecule has 1 amide bonds. The molecule has 21 heavy (non-hydrogen) atoms. The van der Waals surface area contributed by atoms with E-state index >= 15 is 0 Å². The lowest BCUT2D eigenvalue weighted by molar-refractivity contribution is -0.119. The van der Waals surface area contributed by atoms with E-state index in [-0.39, 0.29) is 5.91 Å². The van der Waals surface area contributed by atoms with Gasteiger partial charge in [0.15, 0.2) is 0 Å². The number of carbonyl (C=O) groups excluding carboxylic acids is 1. The van der Waals surface area contributed by atoms with E-state index in [1.54, 1.807) is 0 Å². The van der Waals surface area contributed by atoms with Crippen molar-refractivity contribution in [2.45, 2.75) is 46.0 Å². The van der Waals surface area contributed by atoms with Crippen LogP contribution in [0.1, 0.15) is 45.1 Å². The van der Waals surface area contributed by atoms with Crippen LogP contribution in [-0.4, -0.2) is 24.7 Å². The zero-order valence-electron chi connectivity index (χ0n) is 13.1. The highest BCUT2D eigenvalue weighted by Gasteiger charge is 2.18. The number of carbonyl (C=O) groups is 1. The predicted molar refractivity (Wildman–Crippen MR) is 87.8 cm³/mol. The molecule has 0 atom stereocenters. The molecule has 1 heterocycles. The highest BCUT2D eigenvalue weighted by Crippen LogP contribution is 2.26. The van der Waals surface area contributed by atoms with Crippen molar-refractivity contribution in [1.29, 1.82) is 0 Å². The highest BCUT2D eigenvalue weighted by atomic mass is 16.2. The fourth-order valence-electron chi connectivity index (χ4n) is 2.63. The molecule has 4 nitrogen and oxygen atoms in total. The zero-order chi connectivity index (χ0) is 15.1. The molecule has 0 fully saturated rings. The van der Waals surface area contributed by atoms with Crippen molar-refractivity contribution >= 4 is 17.3 Å². The third-order valence-electron chi connectivity index (χ3n) is 3.80. The van der Waals surface area contributed by atoms with Crippen molar-refractivity contribution in [1.82, 2.24) is 5.43 Å².